The van der Waals surface area contributed by atoms with Crippen LogP contribution in [0.4, 0.5) is 10.1 Å². The quantitative estimate of drug-likeness (QED) is 0.545. The molecule has 33 heavy (non-hydrogen) atoms. The standard InChI is InChI=1S/C26H30FN5O/c1-17(33)28-23-8-4-19(5-9-23)25-10-11-26(31-30-25)29-24-12-20-15-32(16-21(20)13-24)14-18-2-6-22(27)7-3-18/h2-11,20-21,24,29-31H,12-16H2,1H3,(H,28,33)/t20-,21?,24?/m1/s1. The first-order chi connectivity index (χ1) is 16.0. The Morgan fingerprint density at radius 2 is 1.70 bits per heavy atom. The first kappa shape index (κ1) is 21.5. The van der Waals surface area contributed by atoms with Gasteiger partial charge in [0.05, 0.1) is 5.70 Å². The van der Waals surface area contributed by atoms with Crippen LogP contribution in [0, 0.1) is 17.7 Å². The monoisotopic (exact) mass is 447 g/mol. The number of allylic oxidation sites excluding steroid dienone is 2. The third-order valence-corrected chi connectivity index (χ3v) is 6.77. The molecule has 0 bridgehead atoms. The first-order valence-corrected chi connectivity index (χ1v) is 11.6. The lowest BCUT2D eigenvalue weighted by Gasteiger charge is -2.25. The summed E-state index contributed by atoms with van der Waals surface area (Å²) in [6.07, 6.45) is 6.48. The predicted molar refractivity (Wildman–Crippen MR) is 128 cm³/mol. The number of nitrogens with one attached hydrogen (secondary N) is 4. The Labute approximate surface area is 193 Å². The van der Waals surface area contributed by atoms with E-state index >= 15 is 0 Å². The maximum atomic E-state index is 13.1. The molecule has 1 amide bonds. The van der Waals surface area contributed by atoms with Gasteiger partial charge < -0.3 is 10.6 Å². The molecule has 172 valence electrons. The Morgan fingerprint density at radius 3 is 2.30 bits per heavy atom. The van der Waals surface area contributed by atoms with Crippen molar-refractivity contribution in [3.8, 4) is 0 Å². The van der Waals surface area contributed by atoms with Crippen molar-refractivity contribution in [2.24, 2.45) is 11.8 Å². The molecule has 0 spiro atoms. The number of carbonyl (C=O) groups is 1. The molecule has 3 aliphatic rings. The molecular weight excluding hydrogens is 417 g/mol. The van der Waals surface area contributed by atoms with Gasteiger partial charge in [0.15, 0.2) is 0 Å². The van der Waals surface area contributed by atoms with Crippen molar-refractivity contribution >= 4 is 17.3 Å². The molecule has 7 heteroatoms. The van der Waals surface area contributed by atoms with Gasteiger partial charge in [0.2, 0.25) is 5.91 Å². The van der Waals surface area contributed by atoms with Gasteiger partial charge in [-0.15, -0.1) is 0 Å². The number of likely N-dealkylation sites (tertiary alicyclic amines) is 1. The van der Waals surface area contributed by atoms with E-state index in [1.165, 1.54) is 25.3 Å². The van der Waals surface area contributed by atoms with Gasteiger partial charge in [0.1, 0.15) is 11.6 Å². The Balaban J connectivity index is 1.11. The number of amides is 1. The molecule has 2 unspecified atom stereocenters. The number of fused-ring (bicyclic) bond motifs is 1. The van der Waals surface area contributed by atoms with Crippen LogP contribution in [0.1, 0.15) is 30.9 Å². The molecule has 1 aliphatic carbocycles. The number of hydrogen-bond donors (Lipinski definition) is 4. The van der Waals surface area contributed by atoms with Gasteiger partial charge in [-0.05, 0) is 72.2 Å². The summed E-state index contributed by atoms with van der Waals surface area (Å²) in [6, 6.07) is 15.1. The van der Waals surface area contributed by atoms with E-state index in [9.17, 15) is 9.18 Å². The van der Waals surface area contributed by atoms with Crippen molar-refractivity contribution in [1.29, 1.82) is 0 Å². The Hall–Kier alpha value is -3.32. The van der Waals surface area contributed by atoms with E-state index < -0.39 is 0 Å². The summed E-state index contributed by atoms with van der Waals surface area (Å²) in [7, 11) is 0. The van der Waals surface area contributed by atoms with E-state index in [2.05, 4.69) is 38.5 Å². The van der Waals surface area contributed by atoms with Gasteiger partial charge in [-0.1, -0.05) is 24.3 Å². The normalized spacial score (nSPS) is 24.2. The van der Waals surface area contributed by atoms with E-state index in [4.69, 9.17) is 0 Å². The van der Waals surface area contributed by atoms with Crippen LogP contribution in [-0.2, 0) is 11.3 Å². The van der Waals surface area contributed by atoms with Crippen molar-refractivity contribution in [2.75, 3.05) is 18.4 Å². The van der Waals surface area contributed by atoms with E-state index in [-0.39, 0.29) is 11.7 Å². The zero-order chi connectivity index (χ0) is 22.8. The molecule has 3 atom stereocenters. The Bertz CT molecular complexity index is 1050. The second-order valence-electron chi connectivity index (χ2n) is 9.32. The van der Waals surface area contributed by atoms with Crippen LogP contribution in [0.25, 0.3) is 5.70 Å². The fourth-order valence-electron chi connectivity index (χ4n) is 5.29. The summed E-state index contributed by atoms with van der Waals surface area (Å²) >= 11 is 0. The van der Waals surface area contributed by atoms with Crippen LogP contribution in [0.3, 0.4) is 0 Å². The summed E-state index contributed by atoms with van der Waals surface area (Å²) in [5, 5.41) is 6.44. The van der Waals surface area contributed by atoms with Crippen molar-refractivity contribution in [3.63, 3.8) is 0 Å². The first-order valence-electron chi connectivity index (χ1n) is 11.6. The maximum Gasteiger partial charge on any atom is 0.221 e. The highest BCUT2D eigenvalue weighted by Gasteiger charge is 2.40. The highest BCUT2D eigenvalue weighted by molar-refractivity contribution is 5.88. The molecule has 2 aromatic rings. The lowest BCUT2D eigenvalue weighted by molar-refractivity contribution is -0.114. The number of halogens is 1. The van der Waals surface area contributed by atoms with E-state index in [0.29, 0.717) is 17.9 Å². The minimum Gasteiger partial charge on any atom is -0.368 e. The number of anilines is 1. The molecule has 0 radical (unpaired) electrons. The van der Waals surface area contributed by atoms with Crippen molar-refractivity contribution < 1.29 is 9.18 Å². The summed E-state index contributed by atoms with van der Waals surface area (Å²) in [5.41, 5.74) is 10.5. The Morgan fingerprint density at radius 1 is 1.00 bits per heavy atom. The summed E-state index contributed by atoms with van der Waals surface area (Å²) < 4.78 is 13.1. The van der Waals surface area contributed by atoms with Crippen molar-refractivity contribution in [3.05, 3.63) is 83.4 Å². The lowest BCUT2D eigenvalue weighted by atomic mass is 10.0. The van der Waals surface area contributed by atoms with Gasteiger partial charge in [-0.3, -0.25) is 20.5 Å². The number of hydrogen-bond acceptors (Lipinski definition) is 5. The third-order valence-electron chi connectivity index (χ3n) is 6.77. The molecule has 6 nitrogen and oxygen atoms in total. The number of benzene rings is 2. The molecule has 2 fully saturated rings. The van der Waals surface area contributed by atoms with Gasteiger partial charge in [-0.2, -0.15) is 0 Å². The third kappa shape index (κ3) is 5.20. The fourth-order valence-corrected chi connectivity index (χ4v) is 5.29. The zero-order valence-electron chi connectivity index (χ0n) is 18.8. The smallest absolute Gasteiger partial charge is 0.221 e. The second-order valence-corrected chi connectivity index (χ2v) is 9.32. The van der Waals surface area contributed by atoms with Crippen LogP contribution in [0.5, 0.6) is 0 Å². The second kappa shape index (κ2) is 9.27. The largest absolute Gasteiger partial charge is 0.368 e. The molecule has 0 aromatic heterocycles. The Kier molecular flexibility index (Phi) is 6.05. The molecular formula is C26H30FN5O. The van der Waals surface area contributed by atoms with E-state index in [1.807, 2.05) is 36.4 Å². The van der Waals surface area contributed by atoms with Crippen LogP contribution in [-0.4, -0.2) is 29.9 Å². The van der Waals surface area contributed by atoms with Crippen LogP contribution in [0.15, 0.2) is 66.5 Å². The maximum absolute atomic E-state index is 13.1. The van der Waals surface area contributed by atoms with Gasteiger partial charge in [0, 0.05) is 38.3 Å². The zero-order valence-corrected chi connectivity index (χ0v) is 18.8. The van der Waals surface area contributed by atoms with Gasteiger partial charge in [0.25, 0.3) is 0 Å². The fraction of sp³-hybridized carbons (Fsp3) is 0.346. The number of carbonyl (C=O) groups excluding carboxylic acids is 1. The van der Waals surface area contributed by atoms with E-state index in [0.717, 1.165) is 42.4 Å². The summed E-state index contributed by atoms with van der Waals surface area (Å²) in [4.78, 5) is 13.7. The SMILES string of the molecule is CC(=O)Nc1ccc(C2=CC=C(NC3CC4CN(Cc5ccc(F)cc5)C[C@H]4C3)NN2)cc1. The molecule has 2 aromatic carbocycles. The minimum absolute atomic E-state index is 0.0743. The molecule has 2 heterocycles. The predicted octanol–water partition coefficient (Wildman–Crippen LogP) is 3.57. The number of rotatable bonds is 6. The average Bonchev–Trinajstić information content (AvgIpc) is 3.34. The van der Waals surface area contributed by atoms with Crippen LogP contribution in [0.2, 0.25) is 0 Å². The molecule has 1 saturated carbocycles. The number of nitrogens with zero attached hydrogens (tertiary/aromatic N) is 1. The highest BCUT2D eigenvalue weighted by Crippen LogP contribution is 2.39. The summed E-state index contributed by atoms with van der Waals surface area (Å²) in [5.74, 6) is 2.17. The summed E-state index contributed by atoms with van der Waals surface area (Å²) in [6.45, 7) is 4.64. The van der Waals surface area contributed by atoms with Crippen molar-refractivity contribution in [1.82, 2.24) is 21.1 Å². The highest BCUT2D eigenvalue weighted by atomic mass is 19.1. The van der Waals surface area contributed by atoms with E-state index in [1.54, 1.807) is 12.1 Å². The van der Waals surface area contributed by atoms with Crippen LogP contribution < -0.4 is 21.5 Å². The topological polar surface area (TPSA) is 68.4 Å². The van der Waals surface area contributed by atoms with Gasteiger partial charge in [-0.25, -0.2) is 4.39 Å². The minimum atomic E-state index is -0.173. The van der Waals surface area contributed by atoms with Crippen molar-refractivity contribution in [2.45, 2.75) is 32.4 Å². The average molecular weight is 448 g/mol. The molecule has 5 rings (SSSR count). The lowest BCUT2D eigenvalue weighted by Crippen LogP contribution is -2.41. The molecule has 2 aliphatic heterocycles. The van der Waals surface area contributed by atoms with Crippen LogP contribution >= 0.6 is 0 Å². The molecule has 4 N–H and O–H groups in total. The van der Waals surface area contributed by atoms with Gasteiger partial charge >= 0.3 is 0 Å². The molecule has 1 saturated heterocycles. The number of hydrazine groups is 1.